The number of hydrogen-bond donors (Lipinski definition) is 0. The van der Waals surface area contributed by atoms with Crippen LogP contribution in [0.5, 0.6) is 0 Å². The number of fused-ring (bicyclic) bond motifs is 4. The van der Waals surface area contributed by atoms with Gasteiger partial charge in [0.1, 0.15) is 0 Å². The Kier molecular flexibility index (Phi) is 11.7. The topological polar surface area (TPSA) is 54.0 Å². The quantitative estimate of drug-likeness (QED) is 0.165. The number of benzene rings is 12. The molecule has 0 N–H and O–H groups in total. The predicted octanol–water partition coefficient (Wildman–Crippen LogP) is 21.1. The van der Waals surface area contributed by atoms with E-state index in [1.165, 1.54) is 0 Å². The monoisotopic (exact) mass is 1170 g/mol. The Balaban J connectivity index is 0.00000588. The summed E-state index contributed by atoms with van der Waals surface area (Å²) in [6, 6.07) is 89.0. The van der Waals surface area contributed by atoms with Crippen LogP contribution < -0.4 is 9.97 Å². The molecule has 17 rings (SSSR count). The molecule has 0 saturated carbocycles. The fourth-order valence-corrected chi connectivity index (χ4v) is 13.9. The third-order valence-corrected chi connectivity index (χ3v) is 18.0. The summed E-state index contributed by atoms with van der Waals surface area (Å²) in [5, 5.41) is 13.3. The maximum atomic E-state index is 6.24. The Morgan fingerprint density at radius 3 is 0.624 bits per heavy atom. The van der Waals surface area contributed by atoms with E-state index in [0.29, 0.717) is 0 Å². The second-order valence-electron chi connectivity index (χ2n) is 23.0. The maximum absolute atomic E-state index is 6.24. The fraction of sp³-hybridized carbons (Fsp3) is 0.0500. The smallest absolute Gasteiger partial charge is 0.656 e. The first-order valence-electron chi connectivity index (χ1n) is 29.0. The Morgan fingerprint density at radius 2 is 0.412 bits per heavy atom. The zero-order valence-electron chi connectivity index (χ0n) is 47.2. The van der Waals surface area contributed by atoms with Crippen LogP contribution in [0.4, 0.5) is 0 Å². The van der Waals surface area contributed by atoms with E-state index in [1.54, 1.807) is 0 Å². The summed E-state index contributed by atoms with van der Waals surface area (Å²) in [7, 11) is 0. The van der Waals surface area contributed by atoms with Gasteiger partial charge in [-0.05, 0) is 208 Å². The summed E-state index contributed by atoms with van der Waals surface area (Å²) in [5.41, 5.74) is 23.8. The molecular weight excluding hydrogens is 1120 g/mol. The summed E-state index contributed by atoms with van der Waals surface area (Å²) in [5.74, 6) is 0. The SMILES string of the molecule is Cc1ccccc1-c1c2nc(c(-c3ccccc3C)c3[n-]c(c(-c4ccccc4C)c4nc(c(-c5ccccc5C)c5[n-]c1c1cc6ccccc6cc51)-c1cc5ccccc5cc1-4)c1cc4ccccc4cc31)-c1cc3ccccc3cc1-2.[Pd+2]. The third-order valence-electron chi connectivity index (χ3n) is 18.0. The van der Waals surface area contributed by atoms with Gasteiger partial charge in [0.05, 0.1) is 22.8 Å². The van der Waals surface area contributed by atoms with Crippen LogP contribution in [0.2, 0.25) is 0 Å². The molecule has 8 bridgehead atoms. The summed E-state index contributed by atoms with van der Waals surface area (Å²) < 4.78 is 0. The van der Waals surface area contributed by atoms with Gasteiger partial charge in [0.15, 0.2) is 0 Å². The molecule has 85 heavy (non-hydrogen) atoms. The van der Waals surface area contributed by atoms with Gasteiger partial charge < -0.3 is 9.97 Å². The molecule has 4 nitrogen and oxygen atoms in total. The first kappa shape index (κ1) is 50.7. The van der Waals surface area contributed by atoms with Crippen molar-refractivity contribution in [3.63, 3.8) is 0 Å². The average molecular weight is 1180 g/mol. The summed E-state index contributed by atoms with van der Waals surface area (Å²) in [6.07, 6.45) is 0. The molecule has 1 aliphatic carbocycles. The minimum Gasteiger partial charge on any atom is -0.656 e. The molecule has 0 amide bonds. The number of rotatable bonds is 4. The molecule has 2 aromatic heterocycles. The third kappa shape index (κ3) is 7.78. The van der Waals surface area contributed by atoms with Gasteiger partial charge >= 0.3 is 20.4 Å². The molecule has 2 aliphatic heterocycles. The molecule has 0 atom stereocenters. The molecule has 0 spiro atoms. The Bertz CT molecular complexity index is 4890. The van der Waals surface area contributed by atoms with E-state index in [-0.39, 0.29) is 20.4 Å². The molecule has 402 valence electrons. The number of hydrogen-bond acceptors (Lipinski definition) is 2. The number of aromatic nitrogens is 4. The van der Waals surface area contributed by atoms with E-state index in [0.717, 1.165) is 198 Å². The van der Waals surface area contributed by atoms with Crippen molar-refractivity contribution in [1.29, 1.82) is 0 Å². The Hall–Kier alpha value is -10.0. The molecule has 5 heteroatoms. The van der Waals surface area contributed by atoms with Crippen LogP contribution in [0.3, 0.4) is 0 Å². The summed E-state index contributed by atoms with van der Waals surface area (Å²) >= 11 is 0. The Morgan fingerprint density at radius 1 is 0.224 bits per heavy atom. The maximum Gasteiger partial charge on any atom is 2.00 e. The van der Waals surface area contributed by atoms with Gasteiger partial charge in [0.2, 0.25) is 0 Å². The van der Waals surface area contributed by atoms with E-state index in [1.807, 2.05) is 0 Å². The van der Waals surface area contributed by atoms with Crippen molar-refractivity contribution in [2.75, 3.05) is 0 Å². The fourth-order valence-electron chi connectivity index (χ4n) is 13.9. The number of nitrogens with zero attached hydrogens (tertiary/aromatic N) is 4. The minimum absolute atomic E-state index is 0. The molecule has 12 aromatic carbocycles. The van der Waals surface area contributed by atoms with Crippen molar-refractivity contribution in [3.8, 4) is 89.5 Å². The van der Waals surface area contributed by atoms with Crippen LogP contribution in [0.1, 0.15) is 22.3 Å². The van der Waals surface area contributed by atoms with E-state index in [2.05, 4.69) is 270 Å². The van der Waals surface area contributed by atoms with Crippen molar-refractivity contribution in [2.45, 2.75) is 27.7 Å². The standard InChI is InChI=1S/C80H52N4.Pd/c1-45-21-5-17-33-57(45)69-73-61-37-49-25-9-11-27-51(49)39-63(61)75(81-73)70(58-34-18-6-22-46(58)2)77-65-41-53-29-13-15-31-55(53)43-67(65)79(83-77)72(60-36-20-8-24-48(60)4)80-68-44-56-32-16-14-30-54(56)42-66(68)78(84-80)71(59-35-19-7-23-47(59)3)76-64-40-52-28-12-10-26-50(52)38-62(64)74(69)82-76;/h5-44H,1-4H3;/q-2;+2. The van der Waals surface area contributed by atoms with Gasteiger partial charge in [-0.1, -0.05) is 194 Å². The average Bonchev–Trinajstić information content (AvgIpc) is 2.09. The van der Waals surface area contributed by atoms with Crippen molar-refractivity contribution >= 4 is 86.7 Å². The van der Waals surface area contributed by atoms with Gasteiger partial charge in [-0.2, -0.15) is 0 Å². The van der Waals surface area contributed by atoms with E-state index in [4.69, 9.17) is 19.9 Å². The molecule has 4 heterocycles. The summed E-state index contributed by atoms with van der Waals surface area (Å²) in [6.45, 7) is 8.89. The molecule has 0 unspecified atom stereocenters. The van der Waals surface area contributed by atoms with Gasteiger partial charge in [-0.25, -0.2) is 9.97 Å². The van der Waals surface area contributed by atoms with E-state index < -0.39 is 0 Å². The molecule has 0 saturated heterocycles. The largest absolute Gasteiger partial charge is 2.00 e. The minimum atomic E-state index is 0. The van der Waals surface area contributed by atoms with Crippen LogP contribution in [0, 0.1) is 27.7 Å². The second-order valence-corrected chi connectivity index (χ2v) is 23.0. The van der Waals surface area contributed by atoms with E-state index in [9.17, 15) is 0 Å². The van der Waals surface area contributed by atoms with E-state index >= 15 is 0 Å². The van der Waals surface area contributed by atoms with Crippen LogP contribution in [-0.4, -0.2) is 9.97 Å². The van der Waals surface area contributed by atoms with Crippen molar-refractivity contribution in [1.82, 2.24) is 19.9 Å². The molecule has 14 aromatic rings. The predicted molar refractivity (Wildman–Crippen MR) is 354 cm³/mol. The normalized spacial score (nSPS) is 11.9. The first-order chi connectivity index (χ1) is 41.3. The molecule has 3 aliphatic rings. The van der Waals surface area contributed by atoms with Crippen molar-refractivity contribution < 1.29 is 20.4 Å². The molecular formula is C80H52N4Pd. The van der Waals surface area contributed by atoms with Crippen molar-refractivity contribution in [2.24, 2.45) is 0 Å². The molecule has 0 radical (unpaired) electrons. The van der Waals surface area contributed by atoms with Gasteiger partial charge in [-0.3, -0.25) is 0 Å². The summed E-state index contributed by atoms with van der Waals surface area (Å²) in [4.78, 5) is 24.9. The number of aryl methyl sites for hydroxylation is 4. The van der Waals surface area contributed by atoms with Crippen molar-refractivity contribution in [3.05, 3.63) is 265 Å². The zero-order chi connectivity index (χ0) is 55.9. The molecule has 0 fully saturated rings. The van der Waals surface area contributed by atoms with Gasteiger partial charge in [-0.15, -0.1) is 22.1 Å². The van der Waals surface area contributed by atoms with Gasteiger partial charge in [0.25, 0.3) is 0 Å². The van der Waals surface area contributed by atoms with Crippen LogP contribution in [0.15, 0.2) is 243 Å². The van der Waals surface area contributed by atoms with Crippen LogP contribution in [0.25, 0.3) is 176 Å². The van der Waals surface area contributed by atoms with Crippen LogP contribution in [-0.2, 0) is 20.4 Å². The zero-order valence-corrected chi connectivity index (χ0v) is 48.8. The van der Waals surface area contributed by atoms with Gasteiger partial charge in [0, 0.05) is 22.3 Å². The first-order valence-corrected chi connectivity index (χ1v) is 29.0. The Labute approximate surface area is 505 Å². The second kappa shape index (κ2) is 19.5. The van der Waals surface area contributed by atoms with Crippen LogP contribution >= 0.6 is 0 Å².